The third-order valence-corrected chi connectivity index (χ3v) is 6.17. The van der Waals surface area contributed by atoms with Gasteiger partial charge in [-0.2, -0.15) is 0 Å². The second kappa shape index (κ2) is 7.66. The molecule has 2 N–H and O–H groups in total. The number of halogens is 1. The highest BCUT2D eigenvalue weighted by atomic mass is 35.5. The van der Waals surface area contributed by atoms with Crippen LogP contribution in [0.3, 0.4) is 0 Å². The monoisotopic (exact) mass is 423 g/mol. The second-order valence-electron chi connectivity index (χ2n) is 7.59. The summed E-state index contributed by atoms with van der Waals surface area (Å²) in [4.78, 5) is 36.1. The third-order valence-electron chi connectivity index (χ3n) is 5.85. The second-order valence-corrected chi connectivity index (χ2v) is 7.99. The summed E-state index contributed by atoms with van der Waals surface area (Å²) in [7, 11) is 0. The zero-order valence-corrected chi connectivity index (χ0v) is 17.2. The van der Waals surface area contributed by atoms with Crippen LogP contribution in [0.25, 0.3) is 21.9 Å². The molecule has 0 bridgehead atoms. The van der Waals surface area contributed by atoms with Gasteiger partial charge in [0, 0.05) is 50.2 Å². The minimum Gasteiger partial charge on any atom is -0.368 e. The van der Waals surface area contributed by atoms with Crippen LogP contribution in [0.5, 0.6) is 0 Å². The molecule has 8 heteroatoms. The van der Waals surface area contributed by atoms with Gasteiger partial charge < -0.3 is 14.9 Å². The minimum atomic E-state index is -0.369. The number of nitrogens with one attached hydrogen (secondary N) is 2. The van der Waals surface area contributed by atoms with Crippen molar-refractivity contribution in [2.45, 2.75) is 6.54 Å². The average Bonchev–Trinajstić information content (AvgIpc) is 3.13. The summed E-state index contributed by atoms with van der Waals surface area (Å²) in [5, 5.41) is 1.61. The van der Waals surface area contributed by atoms with Gasteiger partial charge in [0.25, 0.3) is 5.56 Å². The van der Waals surface area contributed by atoms with Gasteiger partial charge in [-0.05, 0) is 18.2 Å². The molecule has 2 aromatic heterocycles. The first-order valence-electron chi connectivity index (χ1n) is 10.1. The van der Waals surface area contributed by atoms with Crippen LogP contribution >= 0.6 is 11.6 Å². The van der Waals surface area contributed by atoms with E-state index < -0.39 is 0 Å². The van der Waals surface area contributed by atoms with Gasteiger partial charge in [-0.25, -0.2) is 4.79 Å². The van der Waals surface area contributed by atoms with Crippen LogP contribution in [-0.2, 0) is 6.54 Å². The van der Waals surface area contributed by atoms with Gasteiger partial charge in [0.1, 0.15) is 5.52 Å². The van der Waals surface area contributed by atoms with E-state index in [9.17, 15) is 9.59 Å². The van der Waals surface area contributed by atoms with Gasteiger partial charge in [-0.1, -0.05) is 41.9 Å². The predicted octanol–water partition coefficient (Wildman–Crippen LogP) is 2.65. The average molecular weight is 424 g/mol. The Morgan fingerprint density at radius 2 is 1.57 bits per heavy atom. The van der Waals surface area contributed by atoms with Crippen LogP contribution in [0.2, 0.25) is 5.02 Å². The van der Waals surface area contributed by atoms with Gasteiger partial charge in [0.2, 0.25) is 0 Å². The number of anilines is 1. The standard InChI is InChI=1S/C22H22ClN5O2/c23-16-6-2-4-8-18(16)27-12-9-26(10-13-27)11-14-28-21(29)20-19(25-22(28)30)15-5-1-3-7-17(15)24-20/h1-8,24H,9-14H2,(H,25,30). The Balaban J connectivity index is 1.31. The van der Waals surface area contributed by atoms with Crippen molar-refractivity contribution in [2.75, 3.05) is 37.6 Å². The quantitative estimate of drug-likeness (QED) is 0.529. The van der Waals surface area contributed by atoms with Crippen LogP contribution in [-0.4, -0.2) is 52.2 Å². The fraction of sp³-hybridized carbons (Fsp3) is 0.273. The van der Waals surface area contributed by atoms with Crippen molar-refractivity contribution in [3.63, 3.8) is 0 Å². The number of aromatic amines is 2. The molecule has 0 unspecified atom stereocenters. The van der Waals surface area contributed by atoms with Crippen LogP contribution in [0.15, 0.2) is 58.1 Å². The highest BCUT2D eigenvalue weighted by molar-refractivity contribution is 6.33. The third kappa shape index (κ3) is 3.30. The van der Waals surface area contributed by atoms with Gasteiger partial charge in [-0.15, -0.1) is 0 Å². The summed E-state index contributed by atoms with van der Waals surface area (Å²) < 4.78 is 1.29. The summed E-state index contributed by atoms with van der Waals surface area (Å²) in [6.45, 7) is 4.42. The first-order chi connectivity index (χ1) is 14.6. The number of fused-ring (bicyclic) bond motifs is 3. The molecule has 1 fully saturated rings. The zero-order valence-electron chi connectivity index (χ0n) is 16.4. The summed E-state index contributed by atoms with van der Waals surface area (Å²) in [6.07, 6.45) is 0. The normalized spacial score (nSPS) is 15.3. The molecule has 1 saturated heterocycles. The van der Waals surface area contributed by atoms with Crippen molar-refractivity contribution >= 4 is 39.2 Å². The fourth-order valence-electron chi connectivity index (χ4n) is 4.20. The van der Waals surface area contributed by atoms with E-state index in [0.717, 1.165) is 47.8 Å². The Hall–Kier alpha value is -3.03. The largest absolute Gasteiger partial charge is 0.368 e. The molecular weight excluding hydrogens is 402 g/mol. The molecule has 0 radical (unpaired) electrons. The number of H-pyrrole nitrogens is 2. The molecule has 0 atom stereocenters. The van der Waals surface area contributed by atoms with E-state index in [1.54, 1.807) is 0 Å². The smallest absolute Gasteiger partial charge is 0.328 e. The molecule has 5 rings (SSSR count). The Morgan fingerprint density at radius 3 is 2.37 bits per heavy atom. The first kappa shape index (κ1) is 19.0. The van der Waals surface area contributed by atoms with Gasteiger partial charge in [0.05, 0.1) is 16.2 Å². The molecule has 0 saturated carbocycles. The summed E-state index contributed by atoms with van der Waals surface area (Å²) in [6, 6.07) is 15.4. The molecule has 154 valence electrons. The summed E-state index contributed by atoms with van der Waals surface area (Å²) in [5.74, 6) is 0. The molecule has 2 aromatic carbocycles. The van der Waals surface area contributed by atoms with E-state index in [1.807, 2.05) is 48.5 Å². The van der Waals surface area contributed by atoms with E-state index in [0.29, 0.717) is 24.1 Å². The maximum Gasteiger partial charge on any atom is 0.328 e. The lowest BCUT2D eigenvalue weighted by Gasteiger charge is -2.36. The number of para-hydroxylation sites is 2. The van der Waals surface area contributed by atoms with Crippen LogP contribution in [0, 0.1) is 0 Å². The molecular formula is C22H22ClN5O2. The van der Waals surface area contributed by atoms with Crippen molar-refractivity contribution in [3.05, 3.63) is 74.4 Å². The zero-order chi connectivity index (χ0) is 20.7. The van der Waals surface area contributed by atoms with E-state index in [-0.39, 0.29) is 11.2 Å². The number of piperazine rings is 1. The highest BCUT2D eigenvalue weighted by Crippen LogP contribution is 2.26. The van der Waals surface area contributed by atoms with Gasteiger partial charge >= 0.3 is 5.69 Å². The maximum absolute atomic E-state index is 12.9. The lowest BCUT2D eigenvalue weighted by atomic mass is 10.2. The topological polar surface area (TPSA) is 77.1 Å². The molecule has 1 aliphatic heterocycles. The number of nitrogens with zero attached hydrogens (tertiary/aromatic N) is 3. The lowest BCUT2D eigenvalue weighted by Crippen LogP contribution is -2.48. The van der Waals surface area contributed by atoms with E-state index in [2.05, 4.69) is 19.8 Å². The van der Waals surface area contributed by atoms with Crippen LogP contribution in [0.1, 0.15) is 0 Å². The number of rotatable bonds is 4. The van der Waals surface area contributed by atoms with E-state index in [4.69, 9.17) is 11.6 Å². The van der Waals surface area contributed by atoms with Crippen LogP contribution in [0.4, 0.5) is 5.69 Å². The SMILES string of the molecule is O=c1[nH]c2c([nH]c3ccccc32)c(=O)n1CCN1CCN(c2ccccc2Cl)CC1. The molecule has 30 heavy (non-hydrogen) atoms. The predicted molar refractivity (Wildman–Crippen MR) is 121 cm³/mol. The molecule has 0 amide bonds. The van der Waals surface area contributed by atoms with Crippen molar-refractivity contribution in [3.8, 4) is 0 Å². The minimum absolute atomic E-state index is 0.278. The van der Waals surface area contributed by atoms with Gasteiger partial charge in [-0.3, -0.25) is 14.3 Å². The number of benzene rings is 2. The molecule has 4 aromatic rings. The Morgan fingerprint density at radius 1 is 0.833 bits per heavy atom. The summed E-state index contributed by atoms with van der Waals surface area (Å²) in [5.41, 5.74) is 2.26. The number of hydrogen-bond acceptors (Lipinski definition) is 4. The first-order valence-corrected chi connectivity index (χ1v) is 10.4. The Labute approximate surface area is 177 Å². The van der Waals surface area contributed by atoms with Crippen molar-refractivity contribution in [2.24, 2.45) is 0 Å². The van der Waals surface area contributed by atoms with Crippen LogP contribution < -0.4 is 16.1 Å². The molecule has 3 heterocycles. The van der Waals surface area contributed by atoms with Crippen molar-refractivity contribution < 1.29 is 0 Å². The Bertz CT molecular complexity index is 1330. The number of hydrogen-bond donors (Lipinski definition) is 2. The Kier molecular flexibility index (Phi) is 4.84. The van der Waals surface area contributed by atoms with E-state index in [1.165, 1.54) is 4.57 Å². The maximum atomic E-state index is 12.9. The van der Waals surface area contributed by atoms with Crippen molar-refractivity contribution in [1.82, 2.24) is 19.4 Å². The summed E-state index contributed by atoms with van der Waals surface area (Å²) >= 11 is 6.31. The molecule has 7 nitrogen and oxygen atoms in total. The lowest BCUT2D eigenvalue weighted by molar-refractivity contribution is 0.246. The molecule has 1 aliphatic rings. The van der Waals surface area contributed by atoms with E-state index >= 15 is 0 Å². The molecule has 0 aliphatic carbocycles. The fourth-order valence-corrected chi connectivity index (χ4v) is 4.45. The van der Waals surface area contributed by atoms with Gasteiger partial charge in [0.15, 0.2) is 0 Å². The number of aromatic nitrogens is 3. The van der Waals surface area contributed by atoms with Crippen molar-refractivity contribution in [1.29, 1.82) is 0 Å². The molecule has 0 spiro atoms. The highest BCUT2D eigenvalue weighted by Gasteiger charge is 2.19.